The maximum Gasteiger partial charge on any atom is 0.232 e. The summed E-state index contributed by atoms with van der Waals surface area (Å²) in [6.07, 6.45) is 2.23. The molecule has 1 saturated heterocycles. The third-order valence-corrected chi connectivity index (χ3v) is 4.83. The van der Waals surface area contributed by atoms with Gasteiger partial charge >= 0.3 is 0 Å². The second kappa shape index (κ2) is 6.57. The van der Waals surface area contributed by atoms with Gasteiger partial charge in [0.05, 0.1) is 10.2 Å². The Bertz CT molecular complexity index is 435. The van der Waals surface area contributed by atoms with E-state index in [0.717, 1.165) is 31.5 Å². The highest BCUT2D eigenvalue weighted by molar-refractivity contribution is 9.10. The van der Waals surface area contributed by atoms with Crippen LogP contribution in [0, 0.1) is 5.82 Å². The van der Waals surface area contributed by atoms with Crippen LogP contribution in [0.1, 0.15) is 18.4 Å². The molecule has 1 aromatic carbocycles. The van der Waals surface area contributed by atoms with E-state index in [2.05, 4.69) is 15.9 Å². The minimum Gasteiger partial charge on any atom is -0.342 e. The molecule has 1 amide bonds. The lowest BCUT2D eigenvalue weighted by atomic mass is 10.2. The highest BCUT2D eigenvalue weighted by atomic mass is 79.9. The summed E-state index contributed by atoms with van der Waals surface area (Å²) in [6, 6.07) is 4.99. The average Bonchev–Trinajstić information content (AvgIpc) is 2.88. The molecule has 1 aromatic rings. The van der Waals surface area contributed by atoms with E-state index in [0.29, 0.717) is 16.0 Å². The molecule has 0 spiro atoms. The van der Waals surface area contributed by atoms with E-state index >= 15 is 0 Å². The van der Waals surface area contributed by atoms with E-state index in [1.54, 1.807) is 6.07 Å². The molecule has 0 aromatic heterocycles. The summed E-state index contributed by atoms with van der Waals surface area (Å²) in [5.41, 5.74) is 0.897. The van der Waals surface area contributed by atoms with Crippen LogP contribution in [0.25, 0.3) is 0 Å². The van der Waals surface area contributed by atoms with Gasteiger partial charge in [-0.3, -0.25) is 4.79 Å². The number of carbonyl (C=O) groups is 1. The number of halogens is 2. The molecule has 2 rings (SSSR count). The first kappa shape index (κ1) is 13.9. The zero-order valence-corrected chi connectivity index (χ0v) is 12.4. The maximum absolute atomic E-state index is 13.3. The summed E-state index contributed by atoms with van der Waals surface area (Å²) >= 11 is 4.77. The fraction of sp³-hybridized carbons (Fsp3) is 0.462. The van der Waals surface area contributed by atoms with E-state index in [1.165, 1.54) is 17.8 Å². The van der Waals surface area contributed by atoms with Crippen molar-refractivity contribution >= 4 is 33.6 Å². The molecule has 98 valence electrons. The summed E-state index contributed by atoms with van der Waals surface area (Å²) in [4.78, 5) is 13.7. The number of rotatable bonds is 4. The Kier molecular flexibility index (Phi) is 5.06. The van der Waals surface area contributed by atoms with Crippen molar-refractivity contribution in [2.45, 2.75) is 18.6 Å². The normalized spacial score (nSPS) is 15.1. The van der Waals surface area contributed by atoms with Gasteiger partial charge in [0.25, 0.3) is 0 Å². The molecule has 2 nitrogen and oxygen atoms in total. The number of likely N-dealkylation sites (tertiary alicyclic amines) is 1. The van der Waals surface area contributed by atoms with Crippen molar-refractivity contribution in [3.05, 3.63) is 34.1 Å². The monoisotopic (exact) mass is 331 g/mol. The second-order valence-electron chi connectivity index (χ2n) is 4.29. The van der Waals surface area contributed by atoms with E-state index in [4.69, 9.17) is 0 Å². The van der Waals surface area contributed by atoms with Crippen molar-refractivity contribution in [2.24, 2.45) is 0 Å². The van der Waals surface area contributed by atoms with Gasteiger partial charge in [-0.2, -0.15) is 0 Å². The van der Waals surface area contributed by atoms with Gasteiger partial charge in [0.15, 0.2) is 0 Å². The van der Waals surface area contributed by atoms with Crippen molar-refractivity contribution in [1.29, 1.82) is 0 Å². The SMILES string of the molecule is O=C(CSCc1cccc(F)c1Br)N1CCCC1. The molecule has 0 bridgehead atoms. The Morgan fingerprint density at radius 1 is 1.39 bits per heavy atom. The van der Waals surface area contributed by atoms with Gasteiger partial charge in [-0.05, 0) is 40.4 Å². The first-order chi connectivity index (χ1) is 8.68. The predicted octanol–water partition coefficient (Wildman–Crippen LogP) is 3.44. The molecular weight excluding hydrogens is 317 g/mol. The summed E-state index contributed by atoms with van der Waals surface area (Å²) in [6.45, 7) is 1.78. The van der Waals surface area contributed by atoms with Crippen LogP contribution in [0.2, 0.25) is 0 Å². The first-order valence-corrected chi connectivity index (χ1v) is 7.91. The van der Waals surface area contributed by atoms with Gasteiger partial charge in [-0.25, -0.2) is 4.39 Å². The summed E-state index contributed by atoms with van der Waals surface area (Å²) < 4.78 is 13.8. The van der Waals surface area contributed by atoms with Gasteiger partial charge in [0, 0.05) is 18.8 Å². The van der Waals surface area contributed by atoms with Crippen LogP contribution in [0.5, 0.6) is 0 Å². The van der Waals surface area contributed by atoms with E-state index in [1.807, 2.05) is 11.0 Å². The molecule has 1 aliphatic heterocycles. The number of thioether (sulfide) groups is 1. The zero-order valence-electron chi connectivity index (χ0n) is 9.99. The van der Waals surface area contributed by atoms with Gasteiger partial charge in [0.2, 0.25) is 5.91 Å². The van der Waals surface area contributed by atoms with Crippen molar-refractivity contribution in [2.75, 3.05) is 18.8 Å². The van der Waals surface area contributed by atoms with Crippen LogP contribution in [0.3, 0.4) is 0 Å². The third kappa shape index (κ3) is 3.48. The van der Waals surface area contributed by atoms with Crippen LogP contribution in [-0.2, 0) is 10.5 Å². The minimum atomic E-state index is -0.251. The Hall–Kier alpha value is -0.550. The van der Waals surface area contributed by atoms with Crippen molar-refractivity contribution in [3.8, 4) is 0 Å². The van der Waals surface area contributed by atoms with E-state index in [-0.39, 0.29) is 11.7 Å². The fourth-order valence-electron chi connectivity index (χ4n) is 1.97. The van der Waals surface area contributed by atoms with E-state index in [9.17, 15) is 9.18 Å². The van der Waals surface area contributed by atoms with Gasteiger partial charge in [-0.15, -0.1) is 11.8 Å². The number of benzene rings is 1. The quantitative estimate of drug-likeness (QED) is 0.842. The van der Waals surface area contributed by atoms with Crippen LogP contribution in [0.15, 0.2) is 22.7 Å². The zero-order chi connectivity index (χ0) is 13.0. The molecule has 0 N–H and O–H groups in total. The summed E-state index contributed by atoms with van der Waals surface area (Å²) in [7, 11) is 0. The highest BCUT2D eigenvalue weighted by Gasteiger charge is 2.17. The fourth-order valence-corrected chi connectivity index (χ4v) is 3.48. The Morgan fingerprint density at radius 3 is 2.83 bits per heavy atom. The summed E-state index contributed by atoms with van der Waals surface area (Å²) in [5.74, 6) is 1.07. The molecule has 0 unspecified atom stereocenters. The number of amides is 1. The van der Waals surface area contributed by atoms with Gasteiger partial charge in [-0.1, -0.05) is 12.1 Å². The molecule has 0 aliphatic carbocycles. The number of hydrogen-bond acceptors (Lipinski definition) is 2. The molecule has 18 heavy (non-hydrogen) atoms. The second-order valence-corrected chi connectivity index (χ2v) is 6.07. The predicted molar refractivity (Wildman–Crippen MR) is 76.1 cm³/mol. The smallest absolute Gasteiger partial charge is 0.232 e. The largest absolute Gasteiger partial charge is 0.342 e. The Balaban J connectivity index is 1.81. The minimum absolute atomic E-state index is 0.199. The van der Waals surface area contributed by atoms with Crippen molar-refractivity contribution in [1.82, 2.24) is 4.90 Å². The standard InChI is InChI=1S/C13H15BrFNOS/c14-13-10(4-3-5-11(13)15)8-18-9-12(17)16-6-1-2-7-16/h3-5H,1-2,6-9H2. The number of carbonyl (C=O) groups excluding carboxylic acids is 1. The maximum atomic E-state index is 13.3. The number of hydrogen-bond donors (Lipinski definition) is 0. The molecular formula is C13H15BrFNOS. The van der Waals surface area contributed by atoms with Crippen LogP contribution < -0.4 is 0 Å². The van der Waals surface area contributed by atoms with E-state index < -0.39 is 0 Å². The van der Waals surface area contributed by atoms with Crippen molar-refractivity contribution in [3.63, 3.8) is 0 Å². The molecule has 5 heteroatoms. The lowest BCUT2D eigenvalue weighted by Gasteiger charge is -2.14. The van der Waals surface area contributed by atoms with Crippen LogP contribution in [0.4, 0.5) is 4.39 Å². The van der Waals surface area contributed by atoms with Crippen molar-refractivity contribution < 1.29 is 9.18 Å². The first-order valence-electron chi connectivity index (χ1n) is 5.97. The Labute approximate surface area is 119 Å². The highest BCUT2D eigenvalue weighted by Crippen LogP contribution is 2.24. The number of nitrogens with zero attached hydrogens (tertiary/aromatic N) is 1. The molecule has 0 radical (unpaired) electrons. The lowest BCUT2D eigenvalue weighted by molar-refractivity contribution is -0.127. The van der Waals surface area contributed by atoms with Gasteiger partial charge < -0.3 is 4.90 Å². The molecule has 0 atom stereocenters. The molecule has 1 fully saturated rings. The molecule has 1 heterocycles. The topological polar surface area (TPSA) is 20.3 Å². The van der Waals surface area contributed by atoms with Crippen LogP contribution in [-0.4, -0.2) is 29.6 Å². The van der Waals surface area contributed by atoms with Gasteiger partial charge in [0.1, 0.15) is 5.82 Å². The average molecular weight is 332 g/mol. The Morgan fingerprint density at radius 2 is 2.11 bits per heavy atom. The molecule has 1 aliphatic rings. The lowest BCUT2D eigenvalue weighted by Crippen LogP contribution is -2.29. The molecule has 0 saturated carbocycles. The third-order valence-electron chi connectivity index (χ3n) is 2.97. The summed E-state index contributed by atoms with van der Waals surface area (Å²) in [5, 5.41) is 0. The van der Waals surface area contributed by atoms with Crippen LogP contribution >= 0.6 is 27.7 Å².